The number of sulfonamides is 1. The molecule has 0 unspecified atom stereocenters. The van der Waals surface area contributed by atoms with Crippen LogP contribution in [-0.4, -0.2) is 54.9 Å². The number of guanidine groups is 1. The van der Waals surface area contributed by atoms with E-state index in [-0.39, 0.29) is 23.5 Å². The molecule has 4 rings (SSSR count). The van der Waals surface area contributed by atoms with Crippen molar-refractivity contribution in [3.63, 3.8) is 0 Å². The first-order valence-electron chi connectivity index (χ1n) is 11.1. The van der Waals surface area contributed by atoms with E-state index in [0.717, 1.165) is 24.0 Å². The Morgan fingerprint density at radius 3 is 2.22 bits per heavy atom. The highest BCUT2D eigenvalue weighted by Crippen LogP contribution is 2.40. The lowest BCUT2D eigenvalue weighted by Crippen LogP contribution is -2.49. The number of nitrogens with zero attached hydrogens (tertiary/aromatic N) is 3. The number of amides is 1. The zero-order valence-electron chi connectivity index (χ0n) is 18.4. The summed E-state index contributed by atoms with van der Waals surface area (Å²) in [7, 11) is -3.27. The molecule has 2 aromatic rings. The maximum atomic E-state index is 13.9. The topological polar surface area (TPSA) is 96.1 Å². The summed E-state index contributed by atoms with van der Waals surface area (Å²) in [5.41, 5.74) is 6.62. The van der Waals surface area contributed by atoms with Crippen molar-refractivity contribution in [2.24, 2.45) is 16.6 Å². The van der Waals surface area contributed by atoms with Gasteiger partial charge < -0.3 is 5.73 Å². The van der Waals surface area contributed by atoms with E-state index < -0.39 is 15.6 Å². The number of hydrogen-bond donors (Lipinski definition) is 1. The molecule has 2 heterocycles. The summed E-state index contributed by atoms with van der Waals surface area (Å²) in [6.45, 7) is 3.16. The van der Waals surface area contributed by atoms with Crippen molar-refractivity contribution in [2.75, 3.05) is 25.4 Å². The zero-order valence-corrected chi connectivity index (χ0v) is 19.2. The fourth-order valence-electron chi connectivity index (χ4n) is 4.73. The third-order valence-corrected chi connectivity index (χ3v) is 8.32. The molecule has 32 heavy (non-hydrogen) atoms. The molecule has 0 spiro atoms. The van der Waals surface area contributed by atoms with Gasteiger partial charge in [-0.3, -0.25) is 9.69 Å². The van der Waals surface area contributed by atoms with E-state index in [0.29, 0.717) is 26.1 Å². The lowest BCUT2D eigenvalue weighted by Gasteiger charge is -2.34. The van der Waals surface area contributed by atoms with Gasteiger partial charge in [0, 0.05) is 19.6 Å². The first-order valence-corrected chi connectivity index (χ1v) is 12.8. The maximum absolute atomic E-state index is 13.9. The second-order valence-electron chi connectivity index (χ2n) is 8.51. The number of benzene rings is 2. The van der Waals surface area contributed by atoms with Gasteiger partial charge in [0.15, 0.2) is 11.5 Å². The number of piperidine rings is 1. The average Bonchev–Trinajstić information content (AvgIpc) is 3.06. The molecule has 1 atom stereocenters. The van der Waals surface area contributed by atoms with Gasteiger partial charge in [0.1, 0.15) is 0 Å². The Morgan fingerprint density at radius 2 is 1.66 bits per heavy atom. The SMILES string of the molecule is CCCS(=O)(=O)N1CCC[C@H](CN2C(=O)C(c3ccccc3)(c3ccccc3)N=C2N)C1. The van der Waals surface area contributed by atoms with Gasteiger partial charge >= 0.3 is 0 Å². The van der Waals surface area contributed by atoms with Crippen LogP contribution in [0.4, 0.5) is 0 Å². The van der Waals surface area contributed by atoms with Gasteiger partial charge in [-0.25, -0.2) is 17.7 Å². The van der Waals surface area contributed by atoms with Crippen molar-refractivity contribution in [1.82, 2.24) is 9.21 Å². The lowest BCUT2D eigenvalue weighted by molar-refractivity contribution is -0.130. The second-order valence-corrected chi connectivity index (χ2v) is 10.6. The van der Waals surface area contributed by atoms with Crippen LogP contribution in [0.25, 0.3) is 0 Å². The van der Waals surface area contributed by atoms with E-state index in [1.807, 2.05) is 67.6 Å². The zero-order chi connectivity index (χ0) is 22.8. The molecule has 2 N–H and O–H groups in total. The molecule has 170 valence electrons. The molecule has 2 aliphatic heterocycles. The fraction of sp³-hybridized carbons (Fsp3) is 0.417. The molecular weight excluding hydrogens is 424 g/mol. The van der Waals surface area contributed by atoms with E-state index in [4.69, 9.17) is 10.7 Å². The van der Waals surface area contributed by atoms with Gasteiger partial charge in [-0.1, -0.05) is 67.6 Å². The number of nitrogens with two attached hydrogens (primary N) is 1. The van der Waals surface area contributed by atoms with Crippen molar-refractivity contribution in [1.29, 1.82) is 0 Å². The Hall–Kier alpha value is -2.71. The molecule has 8 heteroatoms. The van der Waals surface area contributed by atoms with E-state index >= 15 is 0 Å². The number of carbonyl (C=O) groups is 1. The maximum Gasteiger partial charge on any atom is 0.266 e. The summed E-state index contributed by atoms with van der Waals surface area (Å²) < 4.78 is 26.7. The minimum Gasteiger partial charge on any atom is -0.369 e. The summed E-state index contributed by atoms with van der Waals surface area (Å²) >= 11 is 0. The molecule has 0 radical (unpaired) electrons. The molecule has 7 nitrogen and oxygen atoms in total. The minimum atomic E-state index is -3.27. The Bertz CT molecular complexity index is 1050. The molecule has 1 saturated heterocycles. The number of rotatable bonds is 7. The third-order valence-electron chi connectivity index (χ3n) is 6.27. The first kappa shape index (κ1) is 22.5. The van der Waals surface area contributed by atoms with E-state index in [1.54, 1.807) is 9.21 Å². The molecular formula is C24H30N4O3S. The van der Waals surface area contributed by atoms with Crippen molar-refractivity contribution in [3.05, 3.63) is 71.8 Å². The summed E-state index contributed by atoms with van der Waals surface area (Å²) in [5, 5.41) is 0. The minimum absolute atomic E-state index is 0.00966. The predicted octanol–water partition coefficient (Wildman–Crippen LogP) is 2.54. The van der Waals surface area contributed by atoms with Crippen LogP contribution < -0.4 is 5.73 Å². The monoisotopic (exact) mass is 454 g/mol. The molecule has 1 amide bonds. The summed E-state index contributed by atoms with van der Waals surface area (Å²) in [4.78, 5) is 20.2. The largest absolute Gasteiger partial charge is 0.369 e. The quantitative estimate of drug-likeness (QED) is 0.695. The average molecular weight is 455 g/mol. The Labute approximate surface area is 190 Å². The molecule has 0 saturated carbocycles. The molecule has 2 aromatic carbocycles. The highest BCUT2D eigenvalue weighted by molar-refractivity contribution is 7.89. The standard InChI is InChI=1S/C24H30N4O3S/c1-2-16-32(30,31)27-15-9-10-19(17-27)18-28-22(29)24(26-23(28)25,20-11-5-3-6-12-20)21-13-7-4-8-14-21/h3-8,11-14,19H,2,9-10,15-18H2,1H3,(H2,25,26)/t19-/m0/s1. The molecule has 0 aromatic heterocycles. The second kappa shape index (κ2) is 9.03. The van der Waals surface area contributed by atoms with E-state index in [9.17, 15) is 13.2 Å². The van der Waals surface area contributed by atoms with Crippen molar-refractivity contribution in [2.45, 2.75) is 31.7 Å². The van der Waals surface area contributed by atoms with Crippen LogP contribution in [0.2, 0.25) is 0 Å². The van der Waals surface area contributed by atoms with Gasteiger partial charge in [-0.15, -0.1) is 0 Å². The van der Waals surface area contributed by atoms with Crippen LogP contribution in [0.15, 0.2) is 65.7 Å². The Morgan fingerprint density at radius 1 is 1.06 bits per heavy atom. The van der Waals surface area contributed by atoms with E-state index in [2.05, 4.69) is 0 Å². The van der Waals surface area contributed by atoms with Crippen LogP contribution >= 0.6 is 0 Å². The van der Waals surface area contributed by atoms with Gasteiger partial charge in [0.05, 0.1) is 5.75 Å². The van der Waals surface area contributed by atoms with Crippen molar-refractivity contribution >= 4 is 21.9 Å². The highest BCUT2D eigenvalue weighted by atomic mass is 32.2. The van der Waals surface area contributed by atoms with E-state index in [1.165, 1.54) is 0 Å². The highest BCUT2D eigenvalue weighted by Gasteiger charge is 2.51. The molecule has 0 bridgehead atoms. The van der Waals surface area contributed by atoms with Gasteiger partial charge in [-0.05, 0) is 36.3 Å². The molecule has 1 fully saturated rings. The van der Waals surface area contributed by atoms with Gasteiger partial charge in [-0.2, -0.15) is 0 Å². The number of hydrogen-bond acceptors (Lipinski definition) is 5. The Balaban J connectivity index is 1.62. The van der Waals surface area contributed by atoms with Gasteiger partial charge in [0.25, 0.3) is 5.91 Å². The smallest absolute Gasteiger partial charge is 0.266 e. The summed E-state index contributed by atoms with van der Waals surface area (Å²) in [5.74, 6) is 0.143. The van der Waals surface area contributed by atoms with Crippen molar-refractivity contribution < 1.29 is 13.2 Å². The van der Waals surface area contributed by atoms with Crippen LogP contribution in [0.1, 0.15) is 37.3 Å². The van der Waals surface area contributed by atoms with Crippen LogP contribution in [0, 0.1) is 5.92 Å². The van der Waals surface area contributed by atoms with Crippen LogP contribution in [0.3, 0.4) is 0 Å². The Kier molecular flexibility index (Phi) is 6.35. The number of carbonyl (C=O) groups excluding carboxylic acids is 1. The first-order chi connectivity index (χ1) is 15.4. The van der Waals surface area contributed by atoms with Crippen molar-refractivity contribution in [3.8, 4) is 0 Å². The van der Waals surface area contributed by atoms with Crippen LogP contribution in [-0.2, 0) is 20.4 Å². The normalized spacial score (nSPS) is 21.5. The lowest BCUT2D eigenvalue weighted by atomic mass is 9.82. The summed E-state index contributed by atoms with van der Waals surface area (Å²) in [6.07, 6.45) is 2.21. The number of aliphatic imine (C=N–C) groups is 1. The van der Waals surface area contributed by atoms with Gasteiger partial charge in [0.2, 0.25) is 10.0 Å². The van der Waals surface area contributed by atoms with Crippen LogP contribution in [0.5, 0.6) is 0 Å². The predicted molar refractivity (Wildman–Crippen MR) is 125 cm³/mol. The third kappa shape index (κ3) is 4.04. The fourth-order valence-corrected chi connectivity index (χ4v) is 6.35. The molecule has 2 aliphatic rings. The summed E-state index contributed by atoms with van der Waals surface area (Å²) in [6, 6.07) is 18.9. The molecule has 0 aliphatic carbocycles.